The van der Waals surface area contributed by atoms with Crippen LogP contribution in [0.5, 0.6) is 0 Å². The molecule has 0 radical (unpaired) electrons. The van der Waals surface area contributed by atoms with Crippen molar-refractivity contribution in [2.45, 2.75) is 38.3 Å². The van der Waals surface area contributed by atoms with Crippen molar-refractivity contribution in [1.82, 2.24) is 9.80 Å². The molecule has 0 unspecified atom stereocenters. The summed E-state index contributed by atoms with van der Waals surface area (Å²) in [5, 5.41) is 0. The Balaban J connectivity index is 1.56. The Morgan fingerprint density at radius 2 is 1.82 bits per heavy atom. The van der Waals surface area contributed by atoms with Crippen LogP contribution in [0.1, 0.15) is 36.5 Å². The molecule has 0 saturated carbocycles. The van der Waals surface area contributed by atoms with E-state index in [1.807, 2.05) is 48.2 Å². The number of amides is 1. The molecule has 3 rings (SSSR count). The maximum Gasteiger partial charge on any atom is 0.253 e. The van der Waals surface area contributed by atoms with E-state index in [0.717, 1.165) is 24.3 Å². The molecule has 0 aromatic heterocycles. The summed E-state index contributed by atoms with van der Waals surface area (Å²) in [4.78, 5) is 19.1. The second-order valence-corrected chi connectivity index (χ2v) is 6.89. The molecule has 4 nitrogen and oxygen atoms in total. The van der Waals surface area contributed by atoms with Crippen molar-refractivity contribution < 1.29 is 4.79 Å². The van der Waals surface area contributed by atoms with Gasteiger partial charge in [-0.2, -0.15) is 0 Å². The van der Waals surface area contributed by atoms with Crippen molar-refractivity contribution in [3.05, 3.63) is 29.8 Å². The van der Waals surface area contributed by atoms with E-state index >= 15 is 0 Å². The highest BCUT2D eigenvalue weighted by atomic mass is 16.2. The Hall–Kier alpha value is -1.55. The number of anilines is 1. The number of nitrogens with zero attached hydrogens (tertiary/aromatic N) is 3. The molecule has 120 valence electrons. The molecular weight excluding hydrogens is 274 g/mol. The number of likely N-dealkylation sites (tertiary alicyclic amines) is 2. The van der Waals surface area contributed by atoms with Crippen molar-refractivity contribution in [1.29, 1.82) is 0 Å². The van der Waals surface area contributed by atoms with Crippen LogP contribution in [-0.4, -0.2) is 61.5 Å². The summed E-state index contributed by atoms with van der Waals surface area (Å²) < 4.78 is 0. The lowest BCUT2D eigenvalue weighted by molar-refractivity contribution is 0.00213. The van der Waals surface area contributed by atoms with Crippen molar-refractivity contribution >= 4 is 11.6 Å². The number of rotatable bonds is 3. The summed E-state index contributed by atoms with van der Waals surface area (Å²) in [5.74, 6) is 0.172. The monoisotopic (exact) mass is 301 g/mol. The molecule has 2 aliphatic rings. The molecule has 1 aromatic rings. The van der Waals surface area contributed by atoms with Gasteiger partial charge in [-0.3, -0.25) is 9.69 Å². The second-order valence-electron chi connectivity index (χ2n) is 6.89. The normalized spacial score (nSPS) is 23.2. The number of benzene rings is 1. The maximum atomic E-state index is 12.5. The highest BCUT2D eigenvalue weighted by molar-refractivity contribution is 5.95. The molecule has 0 N–H and O–H groups in total. The van der Waals surface area contributed by atoms with Crippen molar-refractivity contribution in [3.63, 3.8) is 0 Å². The molecule has 4 heteroatoms. The topological polar surface area (TPSA) is 26.8 Å². The minimum absolute atomic E-state index is 0.172. The van der Waals surface area contributed by atoms with E-state index in [-0.39, 0.29) is 5.91 Å². The number of hydrogen-bond acceptors (Lipinski definition) is 3. The third kappa shape index (κ3) is 2.98. The Labute approximate surface area is 133 Å². The standard InChI is InChI=1S/C18H27N3O/c1-14-6-4-5-11-21(14)17-12-20(13-17)18(22)15-7-9-16(10-8-15)19(2)3/h7-10,14,17H,4-6,11-13H2,1-3H3/t14-/m1/s1. The van der Waals surface area contributed by atoms with Gasteiger partial charge in [0.25, 0.3) is 5.91 Å². The van der Waals surface area contributed by atoms with Crippen LogP contribution >= 0.6 is 0 Å². The summed E-state index contributed by atoms with van der Waals surface area (Å²) in [6.45, 7) is 5.30. The molecule has 22 heavy (non-hydrogen) atoms. The number of carbonyl (C=O) groups excluding carboxylic acids is 1. The van der Waals surface area contributed by atoms with Gasteiger partial charge in [0.1, 0.15) is 0 Å². The van der Waals surface area contributed by atoms with E-state index in [9.17, 15) is 4.79 Å². The van der Waals surface area contributed by atoms with E-state index < -0.39 is 0 Å². The summed E-state index contributed by atoms with van der Waals surface area (Å²) in [6.07, 6.45) is 3.96. The molecular formula is C18H27N3O. The van der Waals surface area contributed by atoms with Gasteiger partial charge in [-0.1, -0.05) is 6.42 Å². The molecule has 2 aliphatic heterocycles. The Morgan fingerprint density at radius 3 is 2.41 bits per heavy atom. The molecule has 0 aliphatic carbocycles. The van der Waals surface area contributed by atoms with Crippen LogP contribution < -0.4 is 4.90 Å². The molecule has 0 bridgehead atoms. The van der Waals surface area contributed by atoms with E-state index in [1.165, 1.54) is 25.8 Å². The molecule has 0 spiro atoms. The van der Waals surface area contributed by atoms with E-state index in [1.54, 1.807) is 0 Å². The molecule has 1 amide bonds. The summed E-state index contributed by atoms with van der Waals surface area (Å²) in [7, 11) is 4.02. The molecule has 2 heterocycles. The first-order chi connectivity index (χ1) is 10.6. The quantitative estimate of drug-likeness (QED) is 0.858. The molecule has 1 atom stereocenters. The Kier molecular flexibility index (Phi) is 4.39. The lowest BCUT2D eigenvalue weighted by atomic mass is 9.97. The third-order valence-electron chi connectivity index (χ3n) is 5.10. The van der Waals surface area contributed by atoms with Crippen LogP contribution in [0.3, 0.4) is 0 Å². The first-order valence-electron chi connectivity index (χ1n) is 8.38. The lowest BCUT2D eigenvalue weighted by Gasteiger charge is -2.49. The van der Waals surface area contributed by atoms with Gasteiger partial charge in [0.05, 0.1) is 0 Å². The van der Waals surface area contributed by atoms with Crippen LogP contribution in [-0.2, 0) is 0 Å². The van der Waals surface area contributed by atoms with Gasteiger partial charge in [0, 0.05) is 50.5 Å². The largest absolute Gasteiger partial charge is 0.378 e. The molecule has 2 fully saturated rings. The predicted octanol–water partition coefficient (Wildman–Crippen LogP) is 2.45. The third-order valence-corrected chi connectivity index (χ3v) is 5.10. The summed E-state index contributed by atoms with van der Waals surface area (Å²) >= 11 is 0. The van der Waals surface area contributed by atoms with Crippen LogP contribution in [0.4, 0.5) is 5.69 Å². The van der Waals surface area contributed by atoms with Crippen molar-refractivity contribution in [2.75, 3.05) is 38.6 Å². The first-order valence-corrected chi connectivity index (χ1v) is 8.38. The van der Waals surface area contributed by atoms with Gasteiger partial charge in [0.15, 0.2) is 0 Å². The average Bonchev–Trinajstić information content (AvgIpc) is 2.47. The van der Waals surface area contributed by atoms with E-state index in [2.05, 4.69) is 11.8 Å². The lowest BCUT2D eigenvalue weighted by Crippen LogP contribution is -2.63. The number of hydrogen-bond donors (Lipinski definition) is 0. The molecule has 2 saturated heterocycles. The Bertz CT molecular complexity index is 520. The van der Waals surface area contributed by atoms with Crippen molar-refractivity contribution in [3.8, 4) is 0 Å². The zero-order valence-electron chi connectivity index (χ0n) is 14.0. The fraction of sp³-hybridized carbons (Fsp3) is 0.611. The fourth-order valence-electron chi connectivity index (χ4n) is 3.58. The van der Waals surface area contributed by atoms with Gasteiger partial charge in [-0.25, -0.2) is 0 Å². The smallest absolute Gasteiger partial charge is 0.253 e. The zero-order chi connectivity index (χ0) is 15.7. The zero-order valence-corrected chi connectivity index (χ0v) is 14.0. The second kappa shape index (κ2) is 6.29. The molecule has 1 aromatic carbocycles. The number of piperidine rings is 1. The minimum atomic E-state index is 0.172. The van der Waals surface area contributed by atoms with Crippen molar-refractivity contribution in [2.24, 2.45) is 0 Å². The minimum Gasteiger partial charge on any atom is -0.378 e. The average molecular weight is 301 g/mol. The highest BCUT2D eigenvalue weighted by Gasteiger charge is 2.37. The Morgan fingerprint density at radius 1 is 1.14 bits per heavy atom. The van der Waals surface area contributed by atoms with Gasteiger partial charge in [0.2, 0.25) is 0 Å². The van der Waals surface area contributed by atoms with Gasteiger partial charge in [-0.05, 0) is 50.6 Å². The first kappa shape index (κ1) is 15.3. The fourth-order valence-corrected chi connectivity index (χ4v) is 3.58. The SMILES string of the molecule is C[C@@H]1CCCCN1C1CN(C(=O)c2ccc(N(C)C)cc2)C1. The van der Waals surface area contributed by atoms with Crippen LogP contribution in [0.2, 0.25) is 0 Å². The van der Waals surface area contributed by atoms with E-state index in [0.29, 0.717) is 12.1 Å². The van der Waals surface area contributed by atoms with Gasteiger partial charge in [-0.15, -0.1) is 0 Å². The summed E-state index contributed by atoms with van der Waals surface area (Å²) in [6, 6.07) is 9.15. The van der Waals surface area contributed by atoms with Crippen LogP contribution in [0.25, 0.3) is 0 Å². The van der Waals surface area contributed by atoms with Gasteiger partial charge < -0.3 is 9.80 Å². The summed E-state index contributed by atoms with van der Waals surface area (Å²) in [5.41, 5.74) is 1.93. The van der Waals surface area contributed by atoms with E-state index in [4.69, 9.17) is 0 Å². The predicted molar refractivity (Wildman–Crippen MR) is 90.5 cm³/mol. The highest BCUT2D eigenvalue weighted by Crippen LogP contribution is 2.25. The van der Waals surface area contributed by atoms with Gasteiger partial charge >= 0.3 is 0 Å². The number of carbonyl (C=O) groups is 1. The van der Waals surface area contributed by atoms with Crippen LogP contribution in [0.15, 0.2) is 24.3 Å². The van der Waals surface area contributed by atoms with Crippen LogP contribution in [0, 0.1) is 0 Å². The maximum absolute atomic E-state index is 12.5.